The topological polar surface area (TPSA) is 8.17 Å². The Kier molecular flexibility index (Phi) is 8.63. The first kappa shape index (κ1) is 36.2. The van der Waals surface area contributed by atoms with Gasteiger partial charge >= 0.3 is 0 Å². The molecule has 2 bridgehead atoms. The Bertz CT molecular complexity index is 2960. The van der Waals surface area contributed by atoms with Crippen molar-refractivity contribution in [1.82, 2.24) is 4.57 Å². The Hall–Kier alpha value is -6.64. The summed E-state index contributed by atoms with van der Waals surface area (Å²) in [7, 11) is 0. The molecule has 12 rings (SSSR count). The minimum atomic E-state index is 0.352. The monoisotopic (exact) mass is 786 g/mol. The fraction of sp³-hybridized carbons (Fsp3) is 0.186. The second-order valence-corrected chi connectivity index (χ2v) is 18.5. The molecule has 2 heteroatoms. The van der Waals surface area contributed by atoms with Crippen molar-refractivity contribution >= 4 is 38.9 Å². The summed E-state index contributed by atoms with van der Waals surface area (Å²) in [6, 6.07) is 74.1. The summed E-state index contributed by atoms with van der Waals surface area (Å²) in [5.74, 6) is 3.70. The summed E-state index contributed by atoms with van der Waals surface area (Å²) in [5.41, 5.74) is 16.4. The summed E-state index contributed by atoms with van der Waals surface area (Å²) < 4.78 is 2.42. The summed E-state index contributed by atoms with van der Waals surface area (Å²) in [6.07, 6.45) is 7.04. The molecule has 3 aliphatic carbocycles. The van der Waals surface area contributed by atoms with Gasteiger partial charge in [0.15, 0.2) is 0 Å². The SMILES string of the molecule is C[C@H]1CC2C[C@H]3CC(c4ccc(N(c5ccc(-c6ccccc6)cc5)c5ccc(-c6ccc(-c7ccccc7-n7c8ccccc8c8ccccc87)cc6)cc5)cc4)(CC23)C1. The second-order valence-electron chi connectivity index (χ2n) is 18.5. The van der Waals surface area contributed by atoms with Gasteiger partial charge in [-0.1, -0.05) is 153 Å². The highest BCUT2D eigenvalue weighted by atomic mass is 15.1. The van der Waals surface area contributed by atoms with Crippen LogP contribution >= 0.6 is 0 Å². The minimum absolute atomic E-state index is 0.352. The zero-order valence-electron chi connectivity index (χ0n) is 34.8. The molecule has 0 spiro atoms. The summed E-state index contributed by atoms with van der Waals surface area (Å²) >= 11 is 0. The predicted molar refractivity (Wildman–Crippen MR) is 256 cm³/mol. The number of anilines is 3. The third kappa shape index (κ3) is 6.14. The van der Waals surface area contributed by atoms with Crippen LogP contribution in [-0.2, 0) is 5.41 Å². The maximum absolute atomic E-state index is 2.51. The van der Waals surface area contributed by atoms with E-state index in [1.54, 1.807) is 5.56 Å². The highest BCUT2D eigenvalue weighted by Gasteiger charge is 2.57. The van der Waals surface area contributed by atoms with Crippen LogP contribution in [0.4, 0.5) is 17.1 Å². The molecule has 3 aliphatic rings. The van der Waals surface area contributed by atoms with E-state index in [-0.39, 0.29) is 0 Å². The Labute approximate surface area is 359 Å². The molecule has 8 aromatic carbocycles. The van der Waals surface area contributed by atoms with E-state index in [0.717, 1.165) is 35.0 Å². The third-order valence-corrected chi connectivity index (χ3v) is 14.9. The molecule has 296 valence electrons. The Morgan fingerprint density at radius 3 is 1.54 bits per heavy atom. The van der Waals surface area contributed by atoms with Crippen molar-refractivity contribution in [2.24, 2.45) is 23.7 Å². The zero-order valence-corrected chi connectivity index (χ0v) is 34.8. The van der Waals surface area contributed by atoms with Crippen LogP contribution in [0.2, 0.25) is 0 Å². The van der Waals surface area contributed by atoms with Crippen molar-refractivity contribution in [2.45, 2.75) is 44.4 Å². The molecule has 1 heterocycles. The molecule has 3 fully saturated rings. The van der Waals surface area contributed by atoms with Crippen molar-refractivity contribution in [1.29, 1.82) is 0 Å². The van der Waals surface area contributed by atoms with Crippen molar-refractivity contribution < 1.29 is 0 Å². The fourth-order valence-corrected chi connectivity index (χ4v) is 12.2. The number of benzene rings is 8. The van der Waals surface area contributed by atoms with Gasteiger partial charge in [0.2, 0.25) is 0 Å². The number of hydrogen-bond donors (Lipinski definition) is 0. The predicted octanol–water partition coefficient (Wildman–Crippen LogP) is 16.0. The van der Waals surface area contributed by atoms with E-state index in [1.807, 2.05) is 0 Å². The van der Waals surface area contributed by atoms with Gasteiger partial charge in [-0.05, 0) is 149 Å². The maximum Gasteiger partial charge on any atom is 0.0541 e. The van der Waals surface area contributed by atoms with Crippen LogP contribution in [0, 0.1) is 23.7 Å². The molecule has 3 saturated carbocycles. The first-order valence-corrected chi connectivity index (χ1v) is 22.4. The normalized spacial score (nSPS) is 21.6. The second kappa shape index (κ2) is 14.5. The smallest absolute Gasteiger partial charge is 0.0541 e. The quantitative estimate of drug-likeness (QED) is 0.149. The van der Waals surface area contributed by atoms with Crippen molar-refractivity contribution in [3.63, 3.8) is 0 Å². The molecule has 0 radical (unpaired) electrons. The van der Waals surface area contributed by atoms with Gasteiger partial charge in [-0.2, -0.15) is 0 Å². The number of nitrogens with zero attached hydrogens (tertiary/aromatic N) is 2. The van der Waals surface area contributed by atoms with Crippen LogP contribution < -0.4 is 4.90 Å². The van der Waals surface area contributed by atoms with E-state index in [1.165, 1.54) is 98.7 Å². The fourth-order valence-electron chi connectivity index (χ4n) is 12.2. The van der Waals surface area contributed by atoms with Crippen LogP contribution in [0.25, 0.3) is 60.9 Å². The van der Waals surface area contributed by atoms with Gasteiger partial charge in [0.05, 0.1) is 16.7 Å². The van der Waals surface area contributed by atoms with Crippen LogP contribution in [0.3, 0.4) is 0 Å². The lowest BCUT2D eigenvalue weighted by Gasteiger charge is -2.42. The molecular weight excluding hydrogens is 737 g/mol. The summed E-state index contributed by atoms with van der Waals surface area (Å²) in [5, 5.41) is 2.55. The number of hydrogen-bond acceptors (Lipinski definition) is 1. The molecule has 61 heavy (non-hydrogen) atoms. The van der Waals surface area contributed by atoms with Gasteiger partial charge < -0.3 is 9.47 Å². The summed E-state index contributed by atoms with van der Waals surface area (Å²) in [6.45, 7) is 2.51. The number of rotatable bonds is 8. The first-order valence-electron chi connectivity index (χ1n) is 22.4. The maximum atomic E-state index is 2.51. The van der Waals surface area contributed by atoms with Crippen molar-refractivity contribution in [2.75, 3.05) is 4.90 Å². The molecule has 0 aliphatic heterocycles. The van der Waals surface area contributed by atoms with Crippen LogP contribution in [0.5, 0.6) is 0 Å². The number of fused-ring (bicyclic) bond motifs is 4. The van der Waals surface area contributed by atoms with Gasteiger partial charge in [-0.15, -0.1) is 0 Å². The lowest BCUT2D eigenvalue weighted by atomic mass is 9.63. The van der Waals surface area contributed by atoms with Gasteiger partial charge in [-0.25, -0.2) is 0 Å². The molecule has 5 atom stereocenters. The van der Waals surface area contributed by atoms with E-state index in [9.17, 15) is 0 Å². The molecule has 0 saturated heterocycles. The van der Waals surface area contributed by atoms with E-state index < -0.39 is 0 Å². The average Bonchev–Trinajstić information content (AvgIpc) is 3.77. The van der Waals surface area contributed by atoms with E-state index in [4.69, 9.17) is 0 Å². The number of aromatic nitrogens is 1. The molecule has 3 unspecified atom stereocenters. The molecular formula is C59H50N2. The zero-order chi connectivity index (χ0) is 40.5. The van der Waals surface area contributed by atoms with Gasteiger partial charge in [-0.3, -0.25) is 0 Å². The van der Waals surface area contributed by atoms with Crippen LogP contribution in [0.1, 0.15) is 44.6 Å². The van der Waals surface area contributed by atoms with E-state index >= 15 is 0 Å². The van der Waals surface area contributed by atoms with Crippen LogP contribution in [-0.4, -0.2) is 4.57 Å². The standard InChI is InChI=1S/C59H50N2/c1-40-35-46-36-47-38-59(37-40,39-55(46)47)48-27-33-51(34-28-48)60(49-29-23-43(24-30-49)41-11-3-2-4-12-41)50-31-25-44(26-32-50)42-19-21-45(22-20-42)52-13-5-8-16-56(52)61-57-17-9-6-14-53(57)54-15-7-10-18-58(54)61/h2-34,40,46-47,55H,35-39H2,1H3/t40-,46?,47-,55?,59?/m0/s1. The number of para-hydroxylation sites is 3. The largest absolute Gasteiger partial charge is 0.311 e. The average molecular weight is 787 g/mol. The Balaban J connectivity index is 0.869. The van der Waals surface area contributed by atoms with Crippen molar-refractivity contribution in [3.05, 3.63) is 206 Å². The molecule has 0 amide bonds. The van der Waals surface area contributed by atoms with Crippen molar-refractivity contribution in [3.8, 4) is 39.1 Å². The Morgan fingerprint density at radius 2 is 0.918 bits per heavy atom. The first-order chi connectivity index (χ1) is 30.1. The highest BCUT2D eigenvalue weighted by molar-refractivity contribution is 6.09. The van der Waals surface area contributed by atoms with Gasteiger partial charge in [0.1, 0.15) is 0 Å². The van der Waals surface area contributed by atoms with Gasteiger partial charge in [0.25, 0.3) is 0 Å². The van der Waals surface area contributed by atoms with E-state index in [0.29, 0.717) is 5.41 Å². The molecule has 2 nitrogen and oxygen atoms in total. The third-order valence-electron chi connectivity index (χ3n) is 14.9. The Morgan fingerprint density at radius 1 is 0.426 bits per heavy atom. The molecule has 9 aromatic rings. The molecule has 1 aromatic heterocycles. The summed E-state index contributed by atoms with van der Waals surface area (Å²) in [4.78, 5) is 2.43. The lowest BCUT2D eigenvalue weighted by molar-refractivity contribution is 0.0780. The highest BCUT2D eigenvalue weighted by Crippen LogP contribution is 2.65. The van der Waals surface area contributed by atoms with Gasteiger partial charge in [0, 0.05) is 33.4 Å². The van der Waals surface area contributed by atoms with Crippen LogP contribution in [0.15, 0.2) is 200 Å². The lowest BCUT2D eigenvalue weighted by Crippen LogP contribution is -2.34. The minimum Gasteiger partial charge on any atom is -0.311 e. The van der Waals surface area contributed by atoms with E-state index in [2.05, 4.69) is 217 Å². The molecule has 0 N–H and O–H groups in total.